The summed E-state index contributed by atoms with van der Waals surface area (Å²) in [5.74, 6) is 0. The van der Waals surface area contributed by atoms with Crippen molar-refractivity contribution in [2.75, 3.05) is 0 Å². The summed E-state index contributed by atoms with van der Waals surface area (Å²) in [5, 5.41) is 2.52. The lowest BCUT2D eigenvalue weighted by atomic mass is 9.92. The maximum atomic E-state index is 5.71. The highest BCUT2D eigenvalue weighted by Crippen LogP contribution is 1.98. The van der Waals surface area contributed by atoms with Crippen molar-refractivity contribution in [1.29, 1.82) is 0 Å². The van der Waals surface area contributed by atoms with Crippen molar-refractivity contribution in [3.63, 3.8) is 0 Å². The van der Waals surface area contributed by atoms with Gasteiger partial charge in [0.05, 0.1) is 0 Å². The van der Waals surface area contributed by atoms with E-state index >= 15 is 0 Å². The predicted molar refractivity (Wildman–Crippen MR) is 53.1 cm³/mol. The molecule has 2 rings (SSSR count). The Bertz CT molecular complexity index is 427. The first-order chi connectivity index (χ1) is 5.86. The van der Waals surface area contributed by atoms with Crippen LogP contribution in [0.5, 0.6) is 0 Å². The lowest BCUT2D eigenvalue weighted by molar-refractivity contribution is 1.42. The molecule has 0 heterocycles. The van der Waals surface area contributed by atoms with Crippen LogP contribution in [0.25, 0.3) is 12.2 Å². The Labute approximate surface area is 73.3 Å². The van der Waals surface area contributed by atoms with Gasteiger partial charge in [-0.2, -0.15) is 0 Å². The molecule has 1 aliphatic rings. The van der Waals surface area contributed by atoms with E-state index in [2.05, 4.69) is 24.3 Å². The second kappa shape index (κ2) is 3.02. The predicted octanol–water partition coefficient (Wildman–Crippen LogP) is 0.704. The highest BCUT2D eigenvalue weighted by Gasteiger charge is 1.90. The Morgan fingerprint density at radius 1 is 1.00 bits per heavy atom. The molecule has 0 bridgehead atoms. The zero-order chi connectivity index (χ0) is 8.39. The van der Waals surface area contributed by atoms with Gasteiger partial charge in [-0.15, -0.1) is 5.47 Å². The van der Waals surface area contributed by atoms with Crippen LogP contribution in [0.1, 0.15) is 6.42 Å². The lowest BCUT2D eigenvalue weighted by Crippen LogP contribution is -2.22. The first-order valence-electron chi connectivity index (χ1n) is 4.08. The molecule has 0 atom stereocenters. The molecule has 0 unspecified atom stereocenters. The van der Waals surface area contributed by atoms with Gasteiger partial charge in [0.1, 0.15) is 7.85 Å². The van der Waals surface area contributed by atoms with Gasteiger partial charge in [-0.1, -0.05) is 42.5 Å². The number of benzene rings is 1. The largest absolute Gasteiger partial charge is 0.114 e. The summed E-state index contributed by atoms with van der Waals surface area (Å²) in [5.41, 5.74) is 0.922. The SMILES string of the molecule is [B]C1=CC=c2ccccc2=CC1. The number of fused-ring (bicyclic) bond motifs is 1. The van der Waals surface area contributed by atoms with Gasteiger partial charge in [0.2, 0.25) is 0 Å². The van der Waals surface area contributed by atoms with Gasteiger partial charge in [-0.3, -0.25) is 0 Å². The molecule has 1 aromatic carbocycles. The second-order valence-corrected chi connectivity index (χ2v) is 2.95. The van der Waals surface area contributed by atoms with E-state index in [1.54, 1.807) is 0 Å². The fraction of sp³-hybridized carbons (Fsp3) is 0.0909. The van der Waals surface area contributed by atoms with Crippen LogP contribution in [0, 0.1) is 0 Å². The maximum absolute atomic E-state index is 5.71. The van der Waals surface area contributed by atoms with Crippen molar-refractivity contribution in [2.24, 2.45) is 0 Å². The van der Waals surface area contributed by atoms with Gasteiger partial charge in [-0.05, 0) is 16.9 Å². The minimum atomic E-state index is 0.855. The molecule has 0 spiro atoms. The quantitative estimate of drug-likeness (QED) is 0.480. The first kappa shape index (κ1) is 7.42. The van der Waals surface area contributed by atoms with Crippen molar-refractivity contribution in [1.82, 2.24) is 0 Å². The third-order valence-corrected chi connectivity index (χ3v) is 2.03. The molecule has 0 aromatic heterocycles. The summed E-state index contributed by atoms with van der Waals surface area (Å²) >= 11 is 0. The van der Waals surface area contributed by atoms with Gasteiger partial charge in [0, 0.05) is 0 Å². The fourth-order valence-corrected chi connectivity index (χ4v) is 1.34. The van der Waals surface area contributed by atoms with E-state index in [1.807, 2.05) is 18.2 Å². The van der Waals surface area contributed by atoms with E-state index in [0.29, 0.717) is 0 Å². The summed E-state index contributed by atoms with van der Waals surface area (Å²) in [4.78, 5) is 0. The van der Waals surface area contributed by atoms with Crippen molar-refractivity contribution >= 4 is 20.0 Å². The summed E-state index contributed by atoms with van der Waals surface area (Å²) in [6.07, 6.45) is 7.05. The normalized spacial score (nSPS) is 14.8. The molecular formula is C11H9B. The Morgan fingerprint density at radius 2 is 1.75 bits per heavy atom. The molecule has 1 heteroatoms. The smallest absolute Gasteiger partial charge is 0.108 e. The number of hydrogen-bond donors (Lipinski definition) is 0. The Hall–Kier alpha value is -1.24. The van der Waals surface area contributed by atoms with E-state index in [9.17, 15) is 0 Å². The molecule has 0 fully saturated rings. The van der Waals surface area contributed by atoms with Gasteiger partial charge in [0.25, 0.3) is 0 Å². The lowest BCUT2D eigenvalue weighted by Gasteiger charge is -1.88. The van der Waals surface area contributed by atoms with Crippen LogP contribution in [0.3, 0.4) is 0 Å². The summed E-state index contributed by atoms with van der Waals surface area (Å²) in [7, 11) is 5.71. The highest BCUT2D eigenvalue weighted by atomic mass is 13.9. The van der Waals surface area contributed by atoms with E-state index in [1.165, 1.54) is 10.4 Å². The van der Waals surface area contributed by atoms with Crippen LogP contribution in [0.4, 0.5) is 0 Å². The standard InChI is InChI=1S/C11H9B/c12-11-7-5-9-3-1-2-4-10(9)6-8-11/h1-7H,8H2. The molecule has 1 aromatic rings. The van der Waals surface area contributed by atoms with Gasteiger partial charge in [0.15, 0.2) is 0 Å². The van der Waals surface area contributed by atoms with Gasteiger partial charge >= 0.3 is 0 Å². The molecule has 2 radical (unpaired) electrons. The Morgan fingerprint density at radius 3 is 2.58 bits per heavy atom. The van der Waals surface area contributed by atoms with Crippen LogP contribution >= 0.6 is 0 Å². The maximum Gasteiger partial charge on any atom is 0.108 e. The molecule has 0 N–H and O–H groups in total. The van der Waals surface area contributed by atoms with E-state index < -0.39 is 0 Å². The minimum Gasteiger partial charge on any atom is -0.114 e. The topological polar surface area (TPSA) is 0 Å². The molecule has 0 saturated carbocycles. The van der Waals surface area contributed by atoms with Gasteiger partial charge < -0.3 is 0 Å². The third kappa shape index (κ3) is 1.35. The number of allylic oxidation sites excluding steroid dienone is 2. The van der Waals surface area contributed by atoms with E-state index in [-0.39, 0.29) is 0 Å². The highest BCUT2D eigenvalue weighted by molar-refractivity contribution is 6.22. The molecule has 56 valence electrons. The molecule has 0 amide bonds. The van der Waals surface area contributed by atoms with Crippen molar-refractivity contribution in [3.05, 3.63) is 46.3 Å². The Balaban J connectivity index is 2.72. The van der Waals surface area contributed by atoms with Crippen LogP contribution in [0.15, 0.2) is 35.8 Å². The number of hydrogen-bond acceptors (Lipinski definition) is 0. The zero-order valence-electron chi connectivity index (χ0n) is 6.83. The average molecular weight is 152 g/mol. The summed E-state index contributed by atoms with van der Waals surface area (Å²) < 4.78 is 0. The summed E-state index contributed by atoms with van der Waals surface area (Å²) in [6, 6.07) is 8.29. The molecule has 1 aliphatic carbocycles. The monoisotopic (exact) mass is 152 g/mol. The summed E-state index contributed by atoms with van der Waals surface area (Å²) in [6.45, 7) is 0. The zero-order valence-corrected chi connectivity index (χ0v) is 6.83. The molecular weight excluding hydrogens is 143 g/mol. The first-order valence-corrected chi connectivity index (χ1v) is 4.08. The second-order valence-electron chi connectivity index (χ2n) is 2.95. The molecule has 0 saturated heterocycles. The van der Waals surface area contributed by atoms with Crippen molar-refractivity contribution in [3.8, 4) is 0 Å². The average Bonchev–Trinajstić information content (AvgIpc) is 2.29. The minimum absolute atomic E-state index is 0.855. The Kier molecular flexibility index (Phi) is 1.87. The number of rotatable bonds is 0. The third-order valence-electron chi connectivity index (χ3n) is 2.03. The van der Waals surface area contributed by atoms with Gasteiger partial charge in [-0.25, -0.2) is 0 Å². The van der Waals surface area contributed by atoms with Crippen LogP contribution in [-0.4, -0.2) is 7.85 Å². The molecule has 12 heavy (non-hydrogen) atoms. The van der Waals surface area contributed by atoms with Crippen molar-refractivity contribution < 1.29 is 0 Å². The molecule has 0 aliphatic heterocycles. The van der Waals surface area contributed by atoms with E-state index in [4.69, 9.17) is 7.85 Å². The van der Waals surface area contributed by atoms with E-state index in [0.717, 1.165) is 11.9 Å². The van der Waals surface area contributed by atoms with Crippen LogP contribution < -0.4 is 10.4 Å². The van der Waals surface area contributed by atoms with Crippen LogP contribution in [0.2, 0.25) is 0 Å². The fourth-order valence-electron chi connectivity index (χ4n) is 1.34. The van der Waals surface area contributed by atoms with Crippen LogP contribution in [-0.2, 0) is 0 Å². The van der Waals surface area contributed by atoms with Crippen molar-refractivity contribution in [2.45, 2.75) is 6.42 Å². The molecule has 0 nitrogen and oxygen atoms in total.